The summed E-state index contributed by atoms with van der Waals surface area (Å²) in [4.78, 5) is 23.1. The predicted octanol–water partition coefficient (Wildman–Crippen LogP) is 1.69. The first-order chi connectivity index (χ1) is 9.70. The Bertz CT molecular complexity index is 721. The Labute approximate surface area is 116 Å². The number of esters is 1. The molecular weight excluding hydrogens is 254 g/mol. The summed E-state index contributed by atoms with van der Waals surface area (Å²) in [6.07, 6.45) is 1.54. The van der Waals surface area contributed by atoms with Gasteiger partial charge in [0, 0.05) is 17.8 Å². The predicted molar refractivity (Wildman–Crippen MR) is 75.4 cm³/mol. The van der Waals surface area contributed by atoms with Crippen LogP contribution >= 0.6 is 0 Å². The minimum atomic E-state index is -0.524. The molecule has 2 aromatic rings. The molecule has 4 heteroatoms. The first-order valence-corrected chi connectivity index (χ1v) is 6.03. The second kappa shape index (κ2) is 6.39. The van der Waals surface area contributed by atoms with Crippen LogP contribution in [-0.2, 0) is 11.3 Å². The van der Waals surface area contributed by atoms with Crippen LogP contribution in [0.3, 0.4) is 0 Å². The maximum absolute atomic E-state index is 11.8. The van der Waals surface area contributed by atoms with Gasteiger partial charge in [0.05, 0.1) is 19.2 Å². The number of pyridine rings is 1. The van der Waals surface area contributed by atoms with Crippen LogP contribution in [0.5, 0.6) is 0 Å². The van der Waals surface area contributed by atoms with Gasteiger partial charge in [0.2, 0.25) is 0 Å². The first kappa shape index (κ1) is 13.6. The summed E-state index contributed by atoms with van der Waals surface area (Å²) in [7, 11) is 1.28. The molecule has 0 aliphatic rings. The average molecular weight is 267 g/mol. The third-order valence-corrected chi connectivity index (χ3v) is 2.67. The first-order valence-electron chi connectivity index (χ1n) is 6.03. The molecule has 0 aliphatic heterocycles. The molecule has 1 aromatic carbocycles. The fourth-order valence-corrected chi connectivity index (χ4v) is 1.63. The molecule has 0 saturated heterocycles. The van der Waals surface area contributed by atoms with Gasteiger partial charge >= 0.3 is 5.97 Å². The van der Waals surface area contributed by atoms with E-state index in [0.29, 0.717) is 0 Å². The van der Waals surface area contributed by atoms with Gasteiger partial charge in [-0.05, 0) is 18.2 Å². The number of benzene rings is 1. The highest BCUT2D eigenvalue weighted by molar-refractivity contribution is 5.88. The van der Waals surface area contributed by atoms with E-state index < -0.39 is 5.97 Å². The fraction of sp³-hybridized carbons (Fsp3) is 0.125. The lowest BCUT2D eigenvalue weighted by Crippen LogP contribution is -2.20. The van der Waals surface area contributed by atoms with Crippen molar-refractivity contribution in [3.63, 3.8) is 0 Å². The Morgan fingerprint density at radius 3 is 2.65 bits per heavy atom. The van der Waals surface area contributed by atoms with Crippen molar-refractivity contribution in [2.24, 2.45) is 0 Å². The molecule has 0 unspecified atom stereocenters. The zero-order valence-corrected chi connectivity index (χ0v) is 11.0. The number of nitrogens with zero attached hydrogens (tertiary/aromatic N) is 1. The van der Waals surface area contributed by atoms with E-state index in [4.69, 9.17) is 0 Å². The largest absolute Gasteiger partial charge is 0.465 e. The van der Waals surface area contributed by atoms with Gasteiger partial charge in [0.25, 0.3) is 5.56 Å². The quantitative estimate of drug-likeness (QED) is 0.614. The van der Waals surface area contributed by atoms with Crippen LogP contribution in [-0.4, -0.2) is 17.6 Å². The topological polar surface area (TPSA) is 48.3 Å². The lowest BCUT2D eigenvalue weighted by atomic mass is 10.2. The normalized spacial score (nSPS) is 9.45. The number of rotatable bonds is 2. The van der Waals surface area contributed by atoms with E-state index in [0.717, 1.165) is 5.56 Å². The standard InChI is InChI=1S/C16H13NO3/c1-20-16(19)14-9-11-17(15(18)12-14)10-5-8-13-6-3-2-4-7-13/h2-4,6-7,9,11-12H,10H2,1H3. The molecule has 0 atom stereocenters. The van der Waals surface area contributed by atoms with Gasteiger partial charge in [0.1, 0.15) is 0 Å². The van der Waals surface area contributed by atoms with E-state index >= 15 is 0 Å². The lowest BCUT2D eigenvalue weighted by molar-refractivity contribution is 0.0600. The summed E-state index contributed by atoms with van der Waals surface area (Å²) in [6.45, 7) is 0.273. The summed E-state index contributed by atoms with van der Waals surface area (Å²) < 4.78 is 5.99. The van der Waals surface area contributed by atoms with Crippen LogP contribution in [0.15, 0.2) is 53.5 Å². The van der Waals surface area contributed by atoms with Gasteiger partial charge in [-0.3, -0.25) is 4.79 Å². The average Bonchev–Trinajstić information content (AvgIpc) is 2.49. The number of hydrogen-bond donors (Lipinski definition) is 0. The molecular formula is C16H13NO3. The number of methoxy groups -OCH3 is 1. The summed E-state index contributed by atoms with van der Waals surface area (Å²) in [6, 6.07) is 12.3. The molecule has 0 bridgehead atoms. The molecule has 2 rings (SSSR count). The fourth-order valence-electron chi connectivity index (χ4n) is 1.63. The van der Waals surface area contributed by atoms with Gasteiger partial charge in [-0.1, -0.05) is 30.0 Å². The van der Waals surface area contributed by atoms with Crippen LogP contribution in [0.25, 0.3) is 0 Å². The van der Waals surface area contributed by atoms with E-state index in [1.165, 1.54) is 30.0 Å². The molecule has 1 aromatic heterocycles. The number of carbonyl (C=O) groups excluding carboxylic acids is 1. The van der Waals surface area contributed by atoms with Crippen molar-refractivity contribution < 1.29 is 9.53 Å². The molecule has 0 fully saturated rings. The van der Waals surface area contributed by atoms with Crippen molar-refractivity contribution in [2.75, 3.05) is 7.11 Å². The highest BCUT2D eigenvalue weighted by Gasteiger charge is 2.06. The van der Waals surface area contributed by atoms with E-state index in [-0.39, 0.29) is 17.7 Å². The lowest BCUT2D eigenvalue weighted by Gasteiger charge is -2.02. The summed E-state index contributed by atoms with van der Waals surface area (Å²) >= 11 is 0. The van der Waals surface area contributed by atoms with Crippen molar-refractivity contribution in [3.8, 4) is 11.8 Å². The smallest absolute Gasteiger partial charge is 0.338 e. The zero-order valence-electron chi connectivity index (χ0n) is 11.0. The molecule has 1 heterocycles. The number of aromatic nitrogens is 1. The van der Waals surface area contributed by atoms with E-state index in [1.807, 2.05) is 30.3 Å². The molecule has 0 amide bonds. The van der Waals surface area contributed by atoms with Crippen LogP contribution in [0.2, 0.25) is 0 Å². The van der Waals surface area contributed by atoms with Crippen molar-refractivity contribution >= 4 is 5.97 Å². The number of ether oxygens (including phenoxy) is 1. The minimum Gasteiger partial charge on any atom is -0.465 e. The second-order valence-electron chi connectivity index (χ2n) is 4.04. The Balaban J connectivity index is 2.14. The Kier molecular flexibility index (Phi) is 4.35. The maximum atomic E-state index is 11.8. The third-order valence-electron chi connectivity index (χ3n) is 2.67. The highest BCUT2D eigenvalue weighted by atomic mass is 16.5. The zero-order chi connectivity index (χ0) is 14.4. The van der Waals surface area contributed by atoms with Gasteiger partial charge in [0.15, 0.2) is 0 Å². The van der Waals surface area contributed by atoms with Gasteiger partial charge in [-0.25, -0.2) is 4.79 Å². The van der Waals surface area contributed by atoms with E-state index in [1.54, 1.807) is 0 Å². The minimum absolute atomic E-state index is 0.241. The SMILES string of the molecule is COC(=O)c1ccn(CC#Cc2ccccc2)c(=O)c1. The van der Waals surface area contributed by atoms with Crippen LogP contribution in [0.1, 0.15) is 15.9 Å². The van der Waals surface area contributed by atoms with Gasteiger partial charge < -0.3 is 9.30 Å². The molecule has 0 radical (unpaired) electrons. The highest BCUT2D eigenvalue weighted by Crippen LogP contribution is 1.97. The molecule has 0 spiro atoms. The molecule has 20 heavy (non-hydrogen) atoms. The molecule has 4 nitrogen and oxygen atoms in total. The van der Waals surface area contributed by atoms with E-state index in [9.17, 15) is 9.59 Å². The third kappa shape index (κ3) is 3.36. The van der Waals surface area contributed by atoms with Crippen molar-refractivity contribution in [3.05, 3.63) is 70.1 Å². The number of hydrogen-bond acceptors (Lipinski definition) is 3. The second-order valence-corrected chi connectivity index (χ2v) is 4.04. The Hall–Kier alpha value is -2.80. The summed E-state index contributed by atoms with van der Waals surface area (Å²) in [5.74, 6) is 5.36. The Morgan fingerprint density at radius 1 is 1.25 bits per heavy atom. The summed E-state index contributed by atoms with van der Waals surface area (Å²) in [5.41, 5.74) is 0.853. The van der Waals surface area contributed by atoms with Crippen molar-refractivity contribution in [1.29, 1.82) is 0 Å². The molecule has 0 aliphatic carbocycles. The van der Waals surface area contributed by atoms with Crippen LogP contribution in [0.4, 0.5) is 0 Å². The molecule has 0 N–H and O–H groups in total. The van der Waals surface area contributed by atoms with Gasteiger partial charge in [-0.15, -0.1) is 0 Å². The monoisotopic (exact) mass is 267 g/mol. The molecule has 100 valence electrons. The number of carbonyl (C=O) groups is 1. The van der Waals surface area contributed by atoms with E-state index in [2.05, 4.69) is 16.6 Å². The van der Waals surface area contributed by atoms with Crippen LogP contribution < -0.4 is 5.56 Å². The maximum Gasteiger partial charge on any atom is 0.338 e. The summed E-state index contributed by atoms with van der Waals surface area (Å²) in [5, 5.41) is 0. The van der Waals surface area contributed by atoms with Crippen molar-refractivity contribution in [2.45, 2.75) is 6.54 Å². The van der Waals surface area contributed by atoms with Crippen molar-refractivity contribution in [1.82, 2.24) is 4.57 Å². The Morgan fingerprint density at radius 2 is 2.00 bits per heavy atom. The van der Waals surface area contributed by atoms with Gasteiger partial charge in [-0.2, -0.15) is 0 Å². The van der Waals surface area contributed by atoms with Crippen LogP contribution in [0, 0.1) is 11.8 Å². The molecule has 0 saturated carbocycles.